The second-order valence-corrected chi connectivity index (χ2v) is 7.98. The van der Waals surface area contributed by atoms with Crippen molar-refractivity contribution < 1.29 is 4.79 Å². The summed E-state index contributed by atoms with van der Waals surface area (Å²) in [5.41, 5.74) is 1.31. The van der Waals surface area contributed by atoms with Crippen molar-refractivity contribution in [3.8, 4) is 0 Å². The first-order valence-electron chi connectivity index (χ1n) is 10.5. The third-order valence-electron chi connectivity index (χ3n) is 6.47. The lowest BCUT2D eigenvalue weighted by Crippen LogP contribution is -2.50. The van der Waals surface area contributed by atoms with Crippen molar-refractivity contribution in [1.29, 1.82) is 0 Å². The lowest BCUT2D eigenvalue weighted by atomic mass is 9.91. The highest BCUT2D eigenvalue weighted by atomic mass is 16.1. The van der Waals surface area contributed by atoms with E-state index in [0.29, 0.717) is 12.5 Å². The van der Waals surface area contributed by atoms with Gasteiger partial charge in [-0.15, -0.1) is 0 Å². The Balaban J connectivity index is 1.61. The molecule has 2 fully saturated rings. The van der Waals surface area contributed by atoms with Crippen LogP contribution in [0.3, 0.4) is 0 Å². The first-order valence-corrected chi connectivity index (χ1v) is 10.5. The van der Waals surface area contributed by atoms with Crippen LogP contribution in [-0.2, 0) is 4.79 Å². The van der Waals surface area contributed by atoms with E-state index < -0.39 is 0 Å². The van der Waals surface area contributed by atoms with Gasteiger partial charge in [-0.3, -0.25) is 9.69 Å². The largest absolute Gasteiger partial charge is 0.354 e. The number of hydrogen-bond acceptors (Lipinski definition) is 3. The second kappa shape index (κ2) is 9.52. The van der Waals surface area contributed by atoms with Gasteiger partial charge in [0, 0.05) is 38.6 Å². The number of amides is 1. The summed E-state index contributed by atoms with van der Waals surface area (Å²) in [4.78, 5) is 17.8. The van der Waals surface area contributed by atoms with Crippen LogP contribution in [-0.4, -0.2) is 55.0 Å². The summed E-state index contributed by atoms with van der Waals surface area (Å²) >= 11 is 0. The highest BCUT2D eigenvalue weighted by Gasteiger charge is 2.29. The number of hydrogen-bond donors (Lipinski definition) is 1. The van der Waals surface area contributed by atoms with Crippen molar-refractivity contribution in [2.45, 2.75) is 45.6 Å². The zero-order chi connectivity index (χ0) is 18.4. The third-order valence-corrected chi connectivity index (χ3v) is 6.47. The van der Waals surface area contributed by atoms with Gasteiger partial charge in [0.2, 0.25) is 5.91 Å². The molecule has 4 nitrogen and oxygen atoms in total. The number of benzene rings is 1. The minimum absolute atomic E-state index is 0.144. The van der Waals surface area contributed by atoms with Crippen LogP contribution in [0.5, 0.6) is 0 Å². The molecule has 1 aliphatic heterocycles. The zero-order valence-corrected chi connectivity index (χ0v) is 16.5. The predicted molar refractivity (Wildman–Crippen MR) is 107 cm³/mol. The summed E-state index contributed by atoms with van der Waals surface area (Å²) in [6.07, 6.45) is 5.01. The number of nitrogens with zero attached hydrogens (tertiary/aromatic N) is 2. The van der Waals surface area contributed by atoms with Crippen LogP contribution in [0.4, 0.5) is 0 Å². The minimum Gasteiger partial charge on any atom is -0.354 e. The van der Waals surface area contributed by atoms with E-state index in [0.717, 1.165) is 32.7 Å². The van der Waals surface area contributed by atoms with E-state index in [2.05, 4.69) is 59.3 Å². The Morgan fingerprint density at radius 2 is 1.77 bits per heavy atom. The quantitative estimate of drug-likeness (QED) is 0.813. The van der Waals surface area contributed by atoms with Gasteiger partial charge in [-0.05, 0) is 30.9 Å². The van der Waals surface area contributed by atoms with Crippen LogP contribution < -0.4 is 5.32 Å². The molecule has 1 saturated carbocycles. The fourth-order valence-corrected chi connectivity index (χ4v) is 4.55. The van der Waals surface area contributed by atoms with Gasteiger partial charge in [0.05, 0.1) is 6.04 Å². The van der Waals surface area contributed by atoms with Gasteiger partial charge in [-0.2, -0.15) is 0 Å². The van der Waals surface area contributed by atoms with Crippen LogP contribution >= 0.6 is 0 Å². The summed E-state index contributed by atoms with van der Waals surface area (Å²) < 4.78 is 0. The molecule has 2 aliphatic rings. The van der Waals surface area contributed by atoms with E-state index in [1.165, 1.54) is 31.2 Å². The maximum absolute atomic E-state index is 12.7. The topological polar surface area (TPSA) is 35.6 Å². The van der Waals surface area contributed by atoms with Crippen LogP contribution in [0, 0.1) is 11.8 Å². The zero-order valence-electron chi connectivity index (χ0n) is 16.5. The van der Waals surface area contributed by atoms with E-state index >= 15 is 0 Å². The van der Waals surface area contributed by atoms with Crippen molar-refractivity contribution in [2.75, 3.05) is 39.3 Å². The minimum atomic E-state index is 0.144. The molecular weight excluding hydrogens is 322 g/mol. The molecule has 1 amide bonds. The van der Waals surface area contributed by atoms with Gasteiger partial charge in [0.25, 0.3) is 0 Å². The van der Waals surface area contributed by atoms with Crippen LogP contribution in [0.25, 0.3) is 0 Å². The Morgan fingerprint density at radius 3 is 2.38 bits per heavy atom. The molecule has 4 heteroatoms. The first-order chi connectivity index (χ1) is 12.7. The van der Waals surface area contributed by atoms with E-state index in [4.69, 9.17) is 0 Å². The summed E-state index contributed by atoms with van der Waals surface area (Å²) in [6, 6.07) is 10.9. The Hall–Kier alpha value is -1.39. The molecular formula is C22H35N3O. The number of carbonyl (C=O) groups excluding carboxylic acids is 1. The second-order valence-electron chi connectivity index (χ2n) is 7.98. The molecule has 3 rings (SSSR count). The van der Waals surface area contributed by atoms with Gasteiger partial charge >= 0.3 is 0 Å². The Bertz CT molecular complexity index is 548. The van der Waals surface area contributed by atoms with Crippen molar-refractivity contribution in [3.63, 3.8) is 0 Å². The number of carbonyl (C=O) groups is 1. The van der Waals surface area contributed by atoms with E-state index in [9.17, 15) is 4.79 Å². The van der Waals surface area contributed by atoms with Gasteiger partial charge in [-0.1, -0.05) is 57.0 Å². The average Bonchev–Trinajstić information content (AvgIpc) is 3.23. The molecule has 0 spiro atoms. The van der Waals surface area contributed by atoms with Gasteiger partial charge in [-0.25, -0.2) is 0 Å². The van der Waals surface area contributed by atoms with E-state index in [1.807, 2.05) is 0 Å². The number of rotatable bonds is 7. The molecule has 1 aliphatic carbocycles. The molecule has 0 bridgehead atoms. The molecule has 0 radical (unpaired) electrons. The summed E-state index contributed by atoms with van der Waals surface area (Å²) in [7, 11) is 0. The van der Waals surface area contributed by atoms with Crippen molar-refractivity contribution in [2.24, 2.45) is 11.8 Å². The maximum atomic E-state index is 12.7. The molecule has 1 saturated heterocycles. The standard InChI is InChI=1S/C22H35N3O/c1-3-24-13-15-25(16-14-24)21(20-11-5-4-6-12-20)17-23-22(26)18(2)19-9-7-8-10-19/h4-6,11-12,18-19,21H,3,7-10,13-17H2,1-2H3,(H,23,26). The molecule has 1 heterocycles. The summed E-state index contributed by atoms with van der Waals surface area (Å²) in [5, 5.41) is 3.29. The van der Waals surface area contributed by atoms with Crippen molar-refractivity contribution in [3.05, 3.63) is 35.9 Å². The van der Waals surface area contributed by atoms with Gasteiger partial charge < -0.3 is 10.2 Å². The van der Waals surface area contributed by atoms with Gasteiger partial charge in [0.15, 0.2) is 0 Å². The highest BCUT2D eigenvalue weighted by molar-refractivity contribution is 5.78. The number of piperazine rings is 1. The Labute approximate surface area is 158 Å². The molecule has 1 N–H and O–H groups in total. The maximum Gasteiger partial charge on any atom is 0.223 e. The summed E-state index contributed by atoms with van der Waals surface area (Å²) in [5.74, 6) is 0.967. The first kappa shape index (κ1) is 19.4. The summed E-state index contributed by atoms with van der Waals surface area (Å²) in [6.45, 7) is 10.6. The molecule has 0 aromatic heterocycles. The fraction of sp³-hybridized carbons (Fsp3) is 0.682. The number of nitrogens with one attached hydrogen (secondary N) is 1. The molecule has 1 aromatic carbocycles. The lowest BCUT2D eigenvalue weighted by Gasteiger charge is -2.39. The van der Waals surface area contributed by atoms with Crippen LogP contribution in [0.1, 0.15) is 51.1 Å². The number of likely N-dealkylation sites (N-methyl/N-ethyl adjacent to an activating group) is 1. The van der Waals surface area contributed by atoms with Crippen LogP contribution in [0.15, 0.2) is 30.3 Å². The van der Waals surface area contributed by atoms with Gasteiger partial charge in [0.1, 0.15) is 0 Å². The third kappa shape index (κ3) is 4.86. The highest BCUT2D eigenvalue weighted by Crippen LogP contribution is 2.31. The fourth-order valence-electron chi connectivity index (χ4n) is 4.55. The molecule has 2 unspecified atom stereocenters. The smallest absolute Gasteiger partial charge is 0.223 e. The molecule has 1 aromatic rings. The molecule has 26 heavy (non-hydrogen) atoms. The van der Waals surface area contributed by atoms with Crippen LogP contribution in [0.2, 0.25) is 0 Å². The van der Waals surface area contributed by atoms with E-state index in [1.54, 1.807) is 0 Å². The monoisotopic (exact) mass is 357 g/mol. The normalized spacial score (nSPS) is 22.2. The lowest BCUT2D eigenvalue weighted by molar-refractivity contribution is -0.126. The SMILES string of the molecule is CCN1CCN(C(CNC(=O)C(C)C2CCCC2)c2ccccc2)CC1. The van der Waals surface area contributed by atoms with E-state index in [-0.39, 0.29) is 17.9 Å². The average molecular weight is 358 g/mol. The van der Waals surface area contributed by atoms with Crippen molar-refractivity contribution >= 4 is 5.91 Å². The molecule has 144 valence electrons. The Morgan fingerprint density at radius 1 is 1.12 bits per heavy atom. The predicted octanol–water partition coefficient (Wildman–Crippen LogP) is 3.31. The Kier molecular flexibility index (Phi) is 7.09. The molecule has 2 atom stereocenters. The van der Waals surface area contributed by atoms with Crippen molar-refractivity contribution in [1.82, 2.24) is 15.1 Å².